The Hall–Kier alpha value is -1.32. The number of allylic oxidation sites excluding steroid dienone is 1. The van der Waals surface area contributed by atoms with E-state index in [-0.39, 0.29) is 22.9 Å². The first kappa shape index (κ1) is 17.1. The standard InChI is InChI=1S/C21H31NO3/c1-13(23)25-15-8-10-20(2)14(12-15)4-5-16-17-6-7-19(22-24)21(17,3)11-9-18(16)20/h4,15-18,24H,5-12H2,1-3H3/b22-19-/t15-,16?,17-,18-,20-,21-/m0/s1. The predicted octanol–water partition coefficient (Wildman–Crippen LogP) is 4.71. The van der Waals surface area contributed by atoms with Crippen LogP contribution in [0.2, 0.25) is 0 Å². The second-order valence-corrected chi connectivity index (χ2v) is 9.28. The highest BCUT2D eigenvalue weighted by Gasteiger charge is 2.58. The molecule has 1 N–H and O–H groups in total. The summed E-state index contributed by atoms with van der Waals surface area (Å²) in [7, 11) is 0. The van der Waals surface area contributed by atoms with E-state index in [4.69, 9.17) is 4.74 Å². The van der Waals surface area contributed by atoms with Gasteiger partial charge in [-0.15, -0.1) is 0 Å². The van der Waals surface area contributed by atoms with E-state index in [1.165, 1.54) is 25.3 Å². The molecule has 4 rings (SSSR count). The summed E-state index contributed by atoms with van der Waals surface area (Å²) >= 11 is 0. The van der Waals surface area contributed by atoms with E-state index in [0.717, 1.165) is 50.2 Å². The highest BCUT2D eigenvalue weighted by molar-refractivity contribution is 5.92. The number of rotatable bonds is 1. The Kier molecular flexibility index (Phi) is 4.01. The molecule has 0 aromatic heterocycles. The number of ether oxygens (including phenoxy) is 1. The second-order valence-electron chi connectivity index (χ2n) is 9.28. The van der Waals surface area contributed by atoms with Gasteiger partial charge >= 0.3 is 5.97 Å². The number of carbonyl (C=O) groups excluding carboxylic acids is 1. The van der Waals surface area contributed by atoms with Crippen LogP contribution in [0.4, 0.5) is 0 Å². The molecule has 138 valence electrons. The Morgan fingerprint density at radius 3 is 2.64 bits per heavy atom. The molecule has 0 spiro atoms. The van der Waals surface area contributed by atoms with Crippen LogP contribution in [0.5, 0.6) is 0 Å². The van der Waals surface area contributed by atoms with Crippen molar-refractivity contribution in [2.45, 2.75) is 78.2 Å². The molecule has 1 unspecified atom stereocenters. The minimum Gasteiger partial charge on any atom is -0.462 e. The van der Waals surface area contributed by atoms with Gasteiger partial charge in [-0.1, -0.05) is 30.7 Å². The van der Waals surface area contributed by atoms with Crippen molar-refractivity contribution < 1.29 is 14.7 Å². The summed E-state index contributed by atoms with van der Waals surface area (Å²) in [5, 5.41) is 13.1. The van der Waals surface area contributed by atoms with Crippen LogP contribution in [-0.4, -0.2) is 23.0 Å². The number of hydrogen-bond donors (Lipinski definition) is 1. The van der Waals surface area contributed by atoms with Crippen molar-refractivity contribution >= 4 is 11.7 Å². The number of oxime groups is 1. The van der Waals surface area contributed by atoms with Gasteiger partial charge in [-0.3, -0.25) is 4.79 Å². The second kappa shape index (κ2) is 5.85. The minimum atomic E-state index is -0.155. The minimum absolute atomic E-state index is 0.0711. The van der Waals surface area contributed by atoms with E-state index in [0.29, 0.717) is 11.8 Å². The molecule has 3 fully saturated rings. The van der Waals surface area contributed by atoms with Crippen LogP contribution in [0.3, 0.4) is 0 Å². The summed E-state index contributed by atoms with van der Waals surface area (Å²) in [5.41, 5.74) is 2.94. The molecule has 0 heterocycles. The van der Waals surface area contributed by atoms with Crippen LogP contribution in [0.25, 0.3) is 0 Å². The van der Waals surface area contributed by atoms with E-state index in [1.807, 2.05) is 0 Å². The quantitative estimate of drug-likeness (QED) is 0.324. The zero-order valence-corrected chi connectivity index (χ0v) is 15.8. The van der Waals surface area contributed by atoms with Gasteiger partial charge in [0.05, 0.1) is 5.71 Å². The normalized spacial score (nSPS) is 47.5. The lowest BCUT2D eigenvalue weighted by Gasteiger charge is -2.57. The van der Waals surface area contributed by atoms with Crippen molar-refractivity contribution in [1.29, 1.82) is 0 Å². The van der Waals surface area contributed by atoms with Crippen molar-refractivity contribution in [2.75, 3.05) is 0 Å². The topological polar surface area (TPSA) is 58.9 Å². The highest BCUT2D eigenvalue weighted by Crippen LogP contribution is 2.64. The molecule has 0 aliphatic heterocycles. The first-order valence-electron chi connectivity index (χ1n) is 9.96. The number of esters is 1. The molecule has 0 radical (unpaired) electrons. The molecular weight excluding hydrogens is 314 g/mol. The highest BCUT2D eigenvalue weighted by atomic mass is 16.5. The molecule has 0 bridgehead atoms. The summed E-state index contributed by atoms with van der Waals surface area (Å²) in [4.78, 5) is 11.3. The fraction of sp³-hybridized carbons (Fsp3) is 0.810. The lowest BCUT2D eigenvalue weighted by atomic mass is 9.48. The lowest BCUT2D eigenvalue weighted by molar-refractivity contribution is -0.148. The Morgan fingerprint density at radius 2 is 1.92 bits per heavy atom. The van der Waals surface area contributed by atoms with Crippen LogP contribution < -0.4 is 0 Å². The maximum atomic E-state index is 11.3. The summed E-state index contributed by atoms with van der Waals surface area (Å²) in [6.45, 7) is 6.30. The van der Waals surface area contributed by atoms with E-state index >= 15 is 0 Å². The number of hydrogen-bond acceptors (Lipinski definition) is 4. The van der Waals surface area contributed by atoms with Gasteiger partial charge in [0.1, 0.15) is 6.10 Å². The third-order valence-electron chi connectivity index (χ3n) is 8.25. The van der Waals surface area contributed by atoms with E-state index in [9.17, 15) is 10.0 Å². The molecule has 3 saturated carbocycles. The molecule has 4 aliphatic rings. The molecule has 0 aromatic carbocycles. The fourth-order valence-electron chi connectivity index (χ4n) is 6.92. The maximum absolute atomic E-state index is 11.3. The van der Waals surface area contributed by atoms with Gasteiger partial charge in [-0.05, 0) is 68.1 Å². The molecule has 4 heteroatoms. The molecule has 4 nitrogen and oxygen atoms in total. The van der Waals surface area contributed by atoms with Gasteiger partial charge in [0.25, 0.3) is 0 Å². The predicted molar refractivity (Wildman–Crippen MR) is 96.5 cm³/mol. The van der Waals surface area contributed by atoms with Crippen LogP contribution >= 0.6 is 0 Å². The van der Waals surface area contributed by atoms with Gasteiger partial charge in [0.15, 0.2) is 0 Å². The van der Waals surface area contributed by atoms with Crippen LogP contribution in [-0.2, 0) is 9.53 Å². The SMILES string of the molecule is CC(=O)O[C@H]1CC[C@@]2(C)C(=CCC3[C@@H]2CC[C@]2(C)/C(=N\O)CC[C@@H]32)C1. The zero-order chi connectivity index (χ0) is 17.8. The van der Waals surface area contributed by atoms with Gasteiger partial charge in [0.2, 0.25) is 0 Å². The van der Waals surface area contributed by atoms with Crippen molar-refractivity contribution in [3.8, 4) is 0 Å². The summed E-state index contributed by atoms with van der Waals surface area (Å²) < 4.78 is 5.51. The van der Waals surface area contributed by atoms with Gasteiger partial charge < -0.3 is 9.94 Å². The number of carbonyl (C=O) groups is 1. The first-order chi connectivity index (χ1) is 11.9. The smallest absolute Gasteiger partial charge is 0.302 e. The summed E-state index contributed by atoms with van der Waals surface area (Å²) in [6.07, 6.45) is 11.2. The third kappa shape index (κ3) is 2.47. The maximum Gasteiger partial charge on any atom is 0.302 e. The summed E-state index contributed by atoms with van der Waals surface area (Å²) in [6, 6.07) is 0. The van der Waals surface area contributed by atoms with Crippen molar-refractivity contribution in [3.05, 3.63) is 11.6 Å². The van der Waals surface area contributed by atoms with E-state index in [1.54, 1.807) is 0 Å². The van der Waals surface area contributed by atoms with Crippen LogP contribution in [0.15, 0.2) is 16.8 Å². The van der Waals surface area contributed by atoms with Gasteiger partial charge in [-0.2, -0.15) is 0 Å². The Morgan fingerprint density at radius 1 is 1.20 bits per heavy atom. The van der Waals surface area contributed by atoms with E-state index in [2.05, 4.69) is 25.1 Å². The monoisotopic (exact) mass is 345 g/mol. The molecule has 25 heavy (non-hydrogen) atoms. The molecule has 0 saturated heterocycles. The zero-order valence-electron chi connectivity index (χ0n) is 15.8. The van der Waals surface area contributed by atoms with Crippen LogP contribution in [0, 0.1) is 28.6 Å². The summed E-state index contributed by atoms with van der Waals surface area (Å²) in [5.74, 6) is 1.93. The Balaban J connectivity index is 1.60. The number of nitrogens with zero attached hydrogens (tertiary/aromatic N) is 1. The van der Waals surface area contributed by atoms with Crippen molar-refractivity contribution in [3.63, 3.8) is 0 Å². The molecule has 4 aliphatic carbocycles. The largest absolute Gasteiger partial charge is 0.462 e. The van der Waals surface area contributed by atoms with Gasteiger partial charge in [-0.25, -0.2) is 0 Å². The number of fused-ring (bicyclic) bond motifs is 5. The molecular formula is C21H31NO3. The first-order valence-corrected chi connectivity index (χ1v) is 9.96. The average Bonchev–Trinajstić information content (AvgIpc) is 2.91. The average molecular weight is 345 g/mol. The fourth-order valence-corrected chi connectivity index (χ4v) is 6.92. The lowest BCUT2D eigenvalue weighted by Crippen LogP contribution is -2.50. The Labute approximate surface area is 150 Å². The third-order valence-corrected chi connectivity index (χ3v) is 8.25. The van der Waals surface area contributed by atoms with Gasteiger partial charge in [0, 0.05) is 18.8 Å². The van der Waals surface area contributed by atoms with E-state index < -0.39 is 0 Å². The van der Waals surface area contributed by atoms with Crippen LogP contribution in [0.1, 0.15) is 72.1 Å². The molecule has 0 amide bonds. The Bertz CT molecular complexity index is 639. The van der Waals surface area contributed by atoms with Crippen molar-refractivity contribution in [1.82, 2.24) is 0 Å². The van der Waals surface area contributed by atoms with Crippen molar-refractivity contribution in [2.24, 2.45) is 33.7 Å². The molecule has 0 aromatic rings. The molecule has 6 atom stereocenters.